The summed E-state index contributed by atoms with van der Waals surface area (Å²) in [5.74, 6) is 2.09. The van der Waals surface area contributed by atoms with E-state index in [1.165, 1.54) is 5.56 Å². The number of hydrogen-bond acceptors (Lipinski definition) is 4. The highest BCUT2D eigenvalue weighted by Crippen LogP contribution is 2.64. The van der Waals surface area contributed by atoms with Crippen molar-refractivity contribution in [2.24, 2.45) is 0 Å². The number of hydrogen-bond donors (Lipinski definition) is 0. The fourth-order valence-electron chi connectivity index (χ4n) is 5.14. The lowest BCUT2D eigenvalue weighted by Gasteiger charge is -2.34. The number of carbonyl (C=O) groups excluding carboxylic acids is 1. The number of benzene rings is 2. The molecule has 0 spiro atoms. The Kier molecular flexibility index (Phi) is 7.65. The molecule has 2 aromatic carbocycles. The van der Waals surface area contributed by atoms with Gasteiger partial charge < -0.3 is 4.52 Å². The molecule has 0 aliphatic carbocycles. The number of piperidine rings is 1. The molecule has 4 unspecified atom stereocenters. The summed E-state index contributed by atoms with van der Waals surface area (Å²) in [6.45, 7) is 7.81. The molecular formula is C27H35N2O3P. The average molecular weight is 467 g/mol. The lowest BCUT2D eigenvalue weighted by Crippen LogP contribution is -2.42. The van der Waals surface area contributed by atoms with Gasteiger partial charge in [-0.25, -0.2) is 4.67 Å². The SMILES string of the molecule is CC(C)N1C(C)C(c2ccccc2)OP1(=O)/C=C/CC1CC(=O)CCN1Cc1ccccc1. The maximum Gasteiger partial charge on any atom is 0.296 e. The number of ketones is 1. The fraction of sp³-hybridized carbons (Fsp3) is 0.444. The second kappa shape index (κ2) is 10.5. The van der Waals surface area contributed by atoms with Gasteiger partial charge in [-0.1, -0.05) is 66.7 Å². The normalized spacial score (nSPS) is 29.3. The van der Waals surface area contributed by atoms with E-state index < -0.39 is 7.52 Å². The summed E-state index contributed by atoms with van der Waals surface area (Å²) in [4.78, 5) is 14.6. The minimum atomic E-state index is -3.13. The van der Waals surface area contributed by atoms with Crippen LogP contribution in [-0.2, 0) is 20.4 Å². The van der Waals surface area contributed by atoms with Gasteiger partial charge in [-0.05, 0) is 38.3 Å². The van der Waals surface area contributed by atoms with Crippen molar-refractivity contribution in [1.29, 1.82) is 0 Å². The third-order valence-electron chi connectivity index (χ3n) is 6.69. The van der Waals surface area contributed by atoms with E-state index in [2.05, 4.69) is 37.8 Å². The van der Waals surface area contributed by atoms with Crippen molar-refractivity contribution in [3.63, 3.8) is 0 Å². The van der Waals surface area contributed by atoms with Crippen molar-refractivity contribution < 1.29 is 13.9 Å². The molecule has 2 aliphatic heterocycles. The predicted octanol–water partition coefficient (Wildman–Crippen LogP) is 6.19. The van der Waals surface area contributed by atoms with Gasteiger partial charge in [0.05, 0.1) is 0 Å². The topological polar surface area (TPSA) is 49.9 Å². The highest BCUT2D eigenvalue weighted by Gasteiger charge is 2.48. The third-order valence-corrected chi connectivity index (χ3v) is 9.27. The van der Waals surface area contributed by atoms with Gasteiger partial charge >= 0.3 is 0 Å². The maximum atomic E-state index is 14.0. The molecule has 2 fully saturated rings. The van der Waals surface area contributed by atoms with Crippen LogP contribution in [0.3, 0.4) is 0 Å². The lowest BCUT2D eigenvalue weighted by molar-refractivity contribution is -0.123. The lowest BCUT2D eigenvalue weighted by atomic mass is 9.97. The smallest absolute Gasteiger partial charge is 0.296 e. The second-order valence-electron chi connectivity index (χ2n) is 9.44. The minimum Gasteiger partial charge on any atom is -0.305 e. The van der Waals surface area contributed by atoms with Crippen LogP contribution in [0.25, 0.3) is 0 Å². The minimum absolute atomic E-state index is 0.00807. The summed E-state index contributed by atoms with van der Waals surface area (Å²) in [6, 6.07) is 20.6. The molecule has 0 aromatic heterocycles. The van der Waals surface area contributed by atoms with E-state index in [-0.39, 0.29) is 24.2 Å². The highest BCUT2D eigenvalue weighted by molar-refractivity contribution is 7.60. The summed E-state index contributed by atoms with van der Waals surface area (Å²) in [5.41, 5.74) is 2.30. The van der Waals surface area contributed by atoms with Gasteiger partial charge in [-0.2, -0.15) is 0 Å². The average Bonchev–Trinajstić information content (AvgIpc) is 3.07. The zero-order valence-corrected chi connectivity index (χ0v) is 20.7. The third kappa shape index (κ3) is 5.55. The van der Waals surface area contributed by atoms with Crippen LogP contribution in [0.5, 0.6) is 0 Å². The molecule has 0 N–H and O–H groups in total. The van der Waals surface area contributed by atoms with E-state index >= 15 is 0 Å². The zero-order valence-electron chi connectivity index (χ0n) is 19.8. The first-order chi connectivity index (χ1) is 15.9. The Morgan fingerprint density at radius 2 is 1.76 bits per heavy atom. The molecule has 0 bridgehead atoms. The zero-order chi connectivity index (χ0) is 23.4. The first kappa shape index (κ1) is 24.1. The Balaban J connectivity index is 1.49. The van der Waals surface area contributed by atoms with Crippen LogP contribution in [0.2, 0.25) is 0 Å². The Morgan fingerprint density at radius 1 is 1.09 bits per heavy atom. The van der Waals surface area contributed by atoms with E-state index in [1.807, 2.05) is 59.3 Å². The molecule has 2 saturated heterocycles. The quantitative estimate of drug-likeness (QED) is 0.456. The molecule has 176 valence electrons. The highest BCUT2D eigenvalue weighted by atomic mass is 31.2. The Hall–Kier alpha value is -2.04. The summed E-state index contributed by atoms with van der Waals surface area (Å²) in [6.07, 6.45) is 3.58. The van der Waals surface area contributed by atoms with Gasteiger partial charge in [0.25, 0.3) is 7.52 Å². The van der Waals surface area contributed by atoms with Crippen LogP contribution in [0.4, 0.5) is 0 Å². The monoisotopic (exact) mass is 466 g/mol. The molecular weight excluding hydrogens is 431 g/mol. The molecule has 2 aliphatic rings. The van der Waals surface area contributed by atoms with Crippen LogP contribution in [0.15, 0.2) is 72.6 Å². The van der Waals surface area contributed by atoms with E-state index in [0.717, 1.165) is 18.7 Å². The molecule has 0 radical (unpaired) electrons. The van der Waals surface area contributed by atoms with Gasteiger partial charge in [0, 0.05) is 49.9 Å². The van der Waals surface area contributed by atoms with E-state index in [1.54, 1.807) is 5.82 Å². The Bertz CT molecular complexity index is 1010. The number of likely N-dealkylation sites (tertiary alicyclic amines) is 1. The van der Waals surface area contributed by atoms with E-state index in [9.17, 15) is 9.36 Å². The number of rotatable bonds is 7. The van der Waals surface area contributed by atoms with Crippen molar-refractivity contribution >= 4 is 13.3 Å². The van der Waals surface area contributed by atoms with Gasteiger partial charge in [0.15, 0.2) is 0 Å². The van der Waals surface area contributed by atoms with Crippen LogP contribution in [0, 0.1) is 0 Å². The van der Waals surface area contributed by atoms with Gasteiger partial charge in [-0.15, -0.1) is 0 Å². The second-order valence-corrected chi connectivity index (χ2v) is 11.5. The number of carbonyl (C=O) groups is 1. The van der Waals surface area contributed by atoms with Crippen molar-refractivity contribution in [3.8, 4) is 0 Å². The maximum absolute atomic E-state index is 14.0. The predicted molar refractivity (Wildman–Crippen MR) is 133 cm³/mol. The van der Waals surface area contributed by atoms with Crippen molar-refractivity contribution in [2.45, 2.75) is 70.8 Å². The fourth-order valence-corrected chi connectivity index (χ4v) is 7.76. The molecule has 0 saturated carbocycles. The molecule has 2 heterocycles. The summed E-state index contributed by atoms with van der Waals surface area (Å²) >= 11 is 0. The first-order valence-electron chi connectivity index (χ1n) is 12.0. The van der Waals surface area contributed by atoms with Gasteiger partial charge in [0.2, 0.25) is 0 Å². The molecule has 0 amide bonds. The molecule has 4 atom stereocenters. The molecule has 5 nitrogen and oxygen atoms in total. The van der Waals surface area contributed by atoms with Crippen LogP contribution in [0.1, 0.15) is 57.3 Å². The van der Waals surface area contributed by atoms with Crippen LogP contribution >= 0.6 is 7.52 Å². The Labute approximate surface area is 197 Å². The van der Waals surface area contributed by atoms with Crippen LogP contribution < -0.4 is 0 Å². The summed E-state index contributed by atoms with van der Waals surface area (Å²) in [7, 11) is -3.13. The molecule has 33 heavy (non-hydrogen) atoms. The standard InChI is InChI=1S/C27H35N2O3P/c1-21(2)29-22(3)27(24-13-8-5-9-14-24)32-33(29,31)18-10-15-25-19-26(30)16-17-28(25)20-23-11-6-4-7-12-23/h4-14,18,21-22,25,27H,15-17,19-20H2,1-3H3/b18-10+. The number of Topliss-reactive ketones (excluding diaryl/α,β-unsaturated/α-hetero) is 1. The van der Waals surface area contributed by atoms with Crippen molar-refractivity contribution in [1.82, 2.24) is 9.57 Å². The summed E-state index contributed by atoms with van der Waals surface area (Å²) < 4.78 is 22.3. The number of nitrogens with zero attached hydrogens (tertiary/aromatic N) is 2. The Morgan fingerprint density at radius 3 is 2.42 bits per heavy atom. The molecule has 6 heteroatoms. The van der Waals surface area contributed by atoms with Gasteiger partial charge in [0.1, 0.15) is 11.9 Å². The summed E-state index contributed by atoms with van der Waals surface area (Å²) in [5, 5.41) is 0. The van der Waals surface area contributed by atoms with Crippen LogP contribution in [-0.4, -0.2) is 40.0 Å². The molecule has 2 aromatic rings. The molecule has 4 rings (SSSR count). The van der Waals surface area contributed by atoms with Crippen molar-refractivity contribution in [3.05, 3.63) is 83.7 Å². The largest absolute Gasteiger partial charge is 0.305 e. The first-order valence-corrected chi connectivity index (χ1v) is 13.6. The van der Waals surface area contributed by atoms with E-state index in [0.29, 0.717) is 25.0 Å². The van der Waals surface area contributed by atoms with Crippen molar-refractivity contribution in [2.75, 3.05) is 6.54 Å². The van der Waals surface area contributed by atoms with E-state index in [4.69, 9.17) is 4.52 Å². The van der Waals surface area contributed by atoms with Gasteiger partial charge in [-0.3, -0.25) is 14.3 Å².